The third kappa shape index (κ3) is 3.90. The van der Waals surface area contributed by atoms with E-state index in [2.05, 4.69) is 4.90 Å². The Morgan fingerprint density at radius 3 is 1.93 bits per heavy atom. The standard InChI is InChI=1S/C11H15Cl2NO/c12-5-7-14(8-6-13)11-3-1-10(9-15)2-4-11/h1-4,15H,5-9H2. The molecule has 0 amide bonds. The van der Waals surface area contributed by atoms with Gasteiger partial charge in [-0.25, -0.2) is 0 Å². The molecular formula is C11H15Cl2NO. The van der Waals surface area contributed by atoms with Crippen molar-refractivity contribution in [1.29, 1.82) is 0 Å². The van der Waals surface area contributed by atoms with Gasteiger partial charge < -0.3 is 10.0 Å². The molecule has 0 bridgehead atoms. The number of rotatable bonds is 6. The van der Waals surface area contributed by atoms with Crippen LogP contribution < -0.4 is 4.90 Å². The average molecular weight is 248 g/mol. The first-order valence-corrected chi connectivity index (χ1v) is 5.95. The highest BCUT2D eigenvalue weighted by Crippen LogP contribution is 2.15. The molecule has 0 saturated heterocycles. The lowest BCUT2D eigenvalue weighted by Crippen LogP contribution is -2.27. The van der Waals surface area contributed by atoms with Crippen molar-refractivity contribution in [3.05, 3.63) is 29.8 Å². The van der Waals surface area contributed by atoms with Crippen LogP contribution in [0, 0.1) is 0 Å². The van der Waals surface area contributed by atoms with E-state index in [0.717, 1.165) is 24.3 Å². The van der Waals surface area contributed by atoms with Crippen molar-refractivity contribution >= 4 is 28.9 Å². The van der Waals surface area contributed by atoms with Crippen LogP contribution in [0.5, 0.6) is 0 Å². The van der Waals surface area contributed by atoms with Crippen molar-refractivity contribution in [2.45, 2.75) is 6.61 Å². The van der Waals surface area contributed by atoms with Crippen LogP contribution in [0.2, 0.25) is 0 Å². The van der Waals surface area contributed by atoms with Gasteiger partial charge >= 0.3 is 0 Å². The molecule has 4 heteroatoms. The number of anilines is 1. The molecule has 1 N–H and O–H groups in total. The van der Waals surface area contributed by atoms with Crippen LogP contribution in [-0.4, -0.2) is 30.0 Å². The molecule has 2 nitrogen and oxygen atoms in total. The van der Waals surface area contributed by atoms with E-state index in [0.29, 0.717) is 11.8 Å². The van der Waals surface area contributed by atoms with Gasteiger partial charge in [0.05, 0.1) is 6.61 Å². The second kappa shape index (κ2) is 6.94. The number of aliphatic hydroxyl groups is 1. The van der Waals surface area contributed by atoms with Crippen LogP contribution in [0.25, 0.3) is 0 Å². The van der Waals surface area contributed by atoms with Gasteiger partial charge in [-0.2, -0.15) is 0 Å². The van der Waals surface area contributed by atoms with Gasteiger partial charge in [-0.15, -0.1) is 23.2 Å². The van der Waals surface area contributed by atoms with Gasteiger partial charge in [0.25, 0.3) is 0 Å². The highest BCUT2D eigenvalue weighted by molar-refractivity contribution is 6.18. The highest BCUT2D eigenvalue weighted by atomic mass is 35.5. The normalized spacial score (nSPS) is 10.3. The zero-order valence-electron chi connectivity index (χ0n) is 8.50. The maximum Gasteiger partial charge on any atom is 0.0681 e. The zero-order valence-corrected chi connectivity index (χ0v) is 10.0. The van der Waals surface area contributed by atoms with E-state index in [9.17, 15) is 0 Å². The van der Waals surface area contributed by atoms with E-state index in [1.54, 1.807) is 0 Å². The van der Waals surface area contributed by atoms with E-state index in [1.165, 1.54) is 0 Å². The molecule has 1 rings (SSSR count). The summed E-state index contributed by atoms with van der Waals surface area (Å²) < 4.78 is 0. The predicted octanol–water partition coefficient (Wildman–Crippen LogP) is 2.46. The largest absolute Gasteiger partial charge is 0.392 e. The van der Waals surface area contributed by atoms with Crippen LogP contribution in [-0.2, 0) is 6.61 Å². The fourth-order valence-corrected chi connectivity index (χ4v) is 1.79. The molecule has 1 aromatic carbocycles. The second-order valence-corrected chi connectivity index (χ2v) is 3.95. The first kappa shape index (κ1) is 12.6. The lowest BCUT2D eigenvalue weighted by Gasteiger charge is -2.22. The van der Waals surface area contributed by atoms with Crippen LogP contribution in [0.15, 0.2) is 24.3 Å². The van der Waals surface area contributed by atoms with Crippen molar-refractivity contribution in [3.63, 3.8) is 0 Å². The molecule has 0 heterocycles. The number of alkyl halides is 2. The van der Waals surface area contributed by atoms with Gasteiger partial charge in [0.15, 0.2) is 0 Å². The summed E-state index contributed by atoms with van der Waals surface area (Å²) in [6.45, 7) is 1.64. The zero-order chi connectivity index (χ0) is 11.1. The van der Waals surface area contributed by atoms with Crippen LogP contribution >= 0.6 is 23.2 Å². The number of nitrogens with zero attached hydrogens (tertiary/aromatic N) is 1. The van der Waals surface area contributed by atoms with E-state index in [4.69, 9.17) is 28.3 Å². The molecule has 0 saturated carbocycles. The van der Waals surface area contributed by atoms with Gasteiger partial charge in [0.2, 0.25) is 0 Å². The topological polar surface area (TPSA) is 23.5 Å². The third-order valence-electron chi connectivity index (χ3n) is 2.19. The number of halogens is 2. The summed E-state index contributed by atoms with van der Waals surface area (Å²) in [6, 6.07) is 7.77. The predicted molar refractivity (Wildman–Crippen MR) is 66.0 cm³/mol. The van der Waals surface area contributed by atoms with E-state index in [1.807, 2.05) is 24.3 Å². The molecule has 0 spiro atoms. The minimum Gasteiger partial charge on any atom is -0.392 e. The minimum absolute atomic E-state index is 0.0747. The Balaban J connectivity index is 2.72. The Morgan fingerprint density at radius 1 is 1.00 bits per heavy atom. The summed E-state index contributed by atoms with van der Waals surface area (Å²) in [5.41, 5.74) is 2.00. The molecule has 0 fully saturated rings. The fourth-order valence-electron chi connectivity index (χ4n) is 1.39. The molecule has 0 aliphatic carbocycles. The Labute approximate surface area is 100 Å². The SMILES string of the molecule is OCc1ccc(N(CCCl)CCCl)cc1. The molecular weight excluding hydrogens is 233 g/mol. The van der Waals surface area contributed by atoms with Crippen LogP contribution in [0.4, 0.5) is 5.69 Å². The maximum atomic E-state index is 8.92. The molecule has 15 heavy (non-hydrogen) atoms. The highest BCUT2D eigenvalue weighted by Gasteiger charge is 2.04. The lowest BCUT2D eigenvalue weighted by atomic mass is 10.2. The quantitative estimate of drug-likeness (QED) is 0.782. The van der Waals surface area contributed by atoms with E-state index < -0.39 is 0 Å². The fraction of sp³-hybridized carbons (Fsp3) is 0.455. The Hall–Kier alpha value is -0.440. The number of benzene rings is 1. The van der Waals surface area contributed by atoms with Crippen molar-refractivity contribution < 1.29 is 5.11 Å². The number of hydrogen-bond donors (Lipinski definition) is 1. The minimum atomic E-state index is 0.0747. The molecule has 1 aromatic rings. The van der Waals surface area contributed by atoms with Crippen molar-refractivity contribution in [3.8, 4) is 0 Å². The monoisotopic (exact) mass is 247 g/mol. The molecule has 0 aliphatic heterocycles. The molecule has 84 valence electrons. The van der Waals surface area contributed by atoms with Gasteiger partial charge in [-0.05, 0) is 17.7 Å². The summed E-state index contributed by atoms with van der Waals surface area (Å²) in [6.07, 6.45) is 0. The lowest BCUT2D eigenvalue weighted by molar-refractivity contribution is 0.282. The van der Waals surface area contributed by atoms with Crippen molar-refractivity contribution in [2.75, 3.05) is 29.7 Å². The molecule has 0 aliphatic rings. The maximum absolute atomic E-state index is 8.92. The van der Waals surface area contributed by atoms with Gasteiger partial charge in [-0.3, -0.25) is 0 Å². The van der Waals surface area contributed by atoms with E-state index in [-0.39, 0.29) is 6.61 Å². The molecule has 0 radical (unpaired) electrons. The summed E-state index contributed by atoms with van der Waals surface area (Å²) in [4.78, 5) is 2.13. The second-order valence-electron chi connectivity index (χ2n) is 3.19. The summed E-state index contributed by atoms with van der Waals surface area (Å²) in [5, 5.41) is 8.92. The first-order valence-electron chi connectivity index (χ1n) is 4.88. The van der Waals surface area contributed by atoms with Gasteiger partial charge in [0, 0.05) is 30.5 Å². The number of hydrogen-bond acceptors (Lipinski definition) is 2. The van der Waals surface area contributed by atoms with E-state index >= 15 is 0 Å². The third-order valence-corrected chi connectivity index (χ3v) is 2.53. The smallest absolute Gasteiger partial charge is 0.0681 e. The Kier molecular flexibility index (Phi) is 5.84. The number of aliphatic hydroxyl groups excluding tert-OH is 1. The van der Waals surface area contributed by atoms with Crippen LogP contribution in [0.3, 0.4) is 0 Å². The molecule has 0 unspecified atom stereocenters. The molecule has 0 aromatic heterocycles. The van der Waals surface area contributed by atoms with Crippen LogP contribution in [0.1, 0.15) is 5.56 Å². The van der Waals surface area contributed by atoms with Gasteiger partial charge in [-0.1, -0.05) is 12.1 Å². The van der Waals surface area contributed by atoms with Gasteiger partial charge in [0.1, 0.15) is 0 Å². The Morgan fingerprint density at radius 2 is 1.53 bits per heavy atom. The summed E-state index contributed by atoms with van der Waals surface area (Å²) in [7, 11) is 0. The first-order chi connectivity index (χ1) is 7.31. The van der Waals surface area contributed by atoms with Crippen molar-refractivity contribution in [1.82, 2.24) is 0 Å². The Bertz CT molecular complexity index is 270. The summed E-state index contributed by atoms with van der Waals surface area (Å²) >= 11 is 11.4. The average Bonchev–Trinajstić information content (AvgIpc) is 2.29. The summed E-state index contributed by atoms with van der Waals surface area (Å²) in [5.74, 6) is 1.16. The molecule has 0 atom stereocenters. The van der Waals surface area contributed by atoms with Crippen molar-refractivity contribution in [2.24, 2.45) is 0 Å².